The van der Waals surface area contributed by atoms with Crippen LogP contribution >= 0.6 is 7.60 Å². The Morgan fingerprint density at radius 2 is 1.57 bits per heavy atom. The molecule has 4 aliphatic heterocycles. The fourth-order valence-electron chi connectivity index (χ4n) is 11.1. The highest BCUT2D eigenvalue weighted by Crippen LogP contribution is 2.59. The lowest BCUT2D eigenvalue weighted by Gasteiger charge is -2.39. The maximum Gasteiger partial charge on any atom is 0.399 e. The van der Waals surface area contributed by atoms with E-state index in [1.165, 1.54) is 14.7 Å². The van der Waals surface area contributed by atoms with Crippen molar-refractivity contribution < 1.29 is 70.7 Å². The SMILES string of the molecule is NC(=O)CCC(NC(=O)[C@@H]1CC[C@@H]2CCN(C(=O)CCCCCC#Cc3cccc4c3CN(C3CCC(=O)NC3=O)C4=O)C[C@H](NC(=O)c3cc4cc(C(F)(F)P(=O)(O)O)ccc4o3)C(=O)N21)C(=O)NC(c1ccccc1)c1ccccc1. The number of furan rings is 1. The van der Waals surface area contributed by atoms with E-state index < -0.39 is 96.3 Å². The monoisotopic (exact) mass is 1160 g/mol. The number of benzene rings is 4. The molecular weight excluding hydrogens is 1100 g/mol. The fraction of sp³-hybridized carbons (Fsp3) is 0.373. The van der Waals surface area contributed by atoms with Gasteiger partial charge in [-0.15, -0.1) is 0 Å². The number of nitrogens with one attached hydrogen (secondary N) is 4. The number of nitrogens with zero attached hydrogens (tertiary/aromatic N) is 3. The lowest BCUT2D eigenvalue weighted by molar-refractivity contribution is -0.145. The first-order valence-electron chi connectivity index (χ1n) is 27.3. The highest BCUT2D eigenvalue weighted by molar-refractivity contribution is 7.52. The summed E-state index contributed by atoms with van der Waals surface area (Å²) in [6, 6.07) is 20.9. The van der Waals surface area contributed by atoms with Crippen molar-refractivity contribution in [3.05, 3.63) is 142 Å². The van der Waals surface area contributed by atoms with Crippen LogP contribution in [0, 0.1) is 11.8 Å². The van der Waals surface area contributed by atoms with E-state index in [1.807, 2.05) is 60.7 Å². The minimum atomic E-state index is -5.96. The van der Waals surface area contributed by atoms with E-state index in [4.69, 9.17) is 10.2 Å². The first kappa shape index (κ1) is 59.1. The third-order valence-electron chi connectivity index (χ3n) is 15.5. The molecule has 1 aromatic heterocycles. The molecule has 5 atom stereocenters. The fourth-order valence-corrected chi connectivity index (χ4v) is 11.6. The first-order chi connectivity index (χ1) is 39.7. The predicted molar refractivity (Wildman–Crippen MR) is 294 cm³/mol. The van der Waals surface area contributed by atoms with Crippen LogP contribution in [0.4, 0.5) is 8.78 Å². The average molecular weight is 1160 g/mol. The van der Waals surface area contributed by atoms with Gasteiger partial charge in [0.1, 0.15) is 29.8 Å². The molecule has 9 rings (SSSR count). The number of carbonyl (C=O) groups is 9. The Balaban J connectivity index is 0.888. The van der Waals surface area contributed by atoms with E-state index in [0.29, 0.717) is 48.8 Å². The smallest absolute Gasteiger partial charge is 0.399 e. The van der Waals surface area contributed by atoms with Crippen molar-refractivity contribution in [3.63, 3.8) is 0 Å². The molecule has 9 amide bonds. The number of nitrogens with two attached hydrogens (primary N) is 1. The van der Waals surface area contributed by atoms with Crippen molar-refractivity contribution in [2.24, 2.45) is 5.73 Å². The molecule has 4 aliphatic rings. The molecule has 4 aromatic carbocycles. The molecule has 3 fully saturated rings. The van der Waals surface area contributed by atoms with Crippen LogP contribution in [0.1, 0.15) is 132 Å². The summed E-state index contributed by atoms with van der Waals surface area (Å²) in [6.45, 7) is -0.0782. The molecule has 5 aromatic rings. The van der Waals surface area contributed by atoms with Gasteiger partial charge in [0.25, 0.3) is 11.8 Å². The highest BCUT2D eigenvalue weighted by atomic mass is 31.2. The third-order valence-corrected chi connectivity index (χ3v) is 16.5. The van der Waals surface area contributed by atoms with Crippen LogP contribution in [0.15, 0.2) is 108 Å². The van der Waals surface area contributed by atoms with Gasteiger partial charge in [-0.25, -0.2) is 0 Å². The number of carbonyl (C=O) groups excluding carboxylic acids is 9. The second-order valence-corrected chi connectivity index (χ2v) is 22.7. The van der Waals surface area contributed by atoms with Crippen LogP contribution in [0.5, 0.6) is 0 Å². The number of hydrogen-bond acceptors (Lipinski definition) is 11. The number of unbranched alkanes of at least 4 members (excludes halogenated alkanes) is 3. The number of fused-ring (bicyclic) bond motifs is 3. The topological polar surface area (TPSA) is 308 Å². The molecule has 434 valence electrons. The van der Waals surface area contributed by atoms with Gasteiger partial charge in [-0.05, 0) is 98.0 Å². The van der Waals surface area contributed by atoms with Crippen molar-refractivity contribution in [2.75, 3.05) is 13.1 Å². The Labute approximate surface area is 475 Å². The molecule has 8 N–H and O–H groups in total. The zero-order chi connectivity index (χ0) is 59.2. The van der Waals surface area contributed by atoms with Crippen LogP contribution in [0.3, 0.4) is 0 Å². The zero-order valence-electron chi connectivity index (χ0n) is 44.9. The molecule has 21 nitrogen and oxygen atoms in total. The number of imide groups is 1. The Kier molecular flexibility index (Phi) is 18.0. The van der Waals surface area contributed by atoms with Gasteiger partial charge >= 0.3 is 13.3 Å². The van der Waals surface area contributed by atoms with Crippen molar-refractivity contribution in [2.45, 2.75) is 126 Å². The van der Waals surface area contributed by atoms with Crippen LogP contribution in [-0.2, 0) is 50.3 Å². The third kappa shape index (κ3) is 13.4. The minimum absolute atomic E-state index is 0.0570. The maximum atomic E-state index is 15.0. The van der Waals surface area contributed by atoms with Gasteiger partial charge in [-0.3, -0.25) is 53.0 Å². The molecule has 2 unspecified atom stereocenters. The predicted octanol–water partition coefficient (Wildman–Crippen LogP) is 4.77. The molecule has 24 heteroatoms. The van der Waals surface area contributed by atoms with Crippen LogP contribution in [0.25, 0.3) is 11.0 Å². The number of amides is 9. The number of hydrogen-bond donors (Lipinski definition) is 7. The Bertz CT molecular complexity index is 3430. The van der Waals surface area contributed by atoms with Gasteiger partial charge in [-0.2, -0.15) is 8.78 Å². The van der Waals surface area contributed by atoms with Gasteiger partial charge in [0.15, 0.2) is 5.76 Å². The van der Waals surface area contributed by atoms with E-state index in [-0.39, 0.29) is 93.3 Å². The van der Waals surface area contributed by atoms with Crippen LogP contribution in [-0.4, -0.2) is 121 Å². The standard InChI is InChI=1S/C59H61F2N8O13P/c60-59(61,83(79,80)81)39-21-26-47-38(31-39)32-48(82-47)56(76)64-44-34-67(51(72)20-11-3-1-2-6-13-35-18-12-19-41-42(35)33-68(57(41)77)45-25-28-50(71)65-54(45)74)30-29-40-22-24-46(69(40)58(44)78)55(75)63-43(23-27-49(62)70)53(73)66-52(36-14-7-4-8-15-36)37-16-9-5-10-17-37/h4-5,7-10,12,14-19,21,26,31-32,40,43-46,52H,1-3,11,20,22-25,27-30,33-34H2,(H2,62,70)(H,63,75)(H,64,76)(H,66,73)(H,65,71,74)(H2,79,80,81)/t40-,43?,44+,45?,46+/m1/s1. The summed E-state index contributed by atoms with van der Waals surface area (Å²) >= 11 is 0. The van der Waals surface area contributed by atoms with Crippen LogP contribution in [0.2, 0.25) is 0 Å². The summed E-state index contributed by atoms with van der Waals surface area (Å²) in [5.74, 6) is 0.468. The van der Waals surface area contributed by atoms with E-state index in [0.717, 1.165) is 35.4 Å². The van der Waals surface area contributed by atoms with Crippen molar-refractivity contribution in [1.29, 1.82) is 0 Å². The first-order valence-corrected chi connectivity index (χ1v) is 28.9. The summed E-state index contributed by atoms with van der Waals surface area (Å²) in [6.07, 6.45) is 2.70. The summed E-state index contributed by atoms with van der Waals surface area (Å²) in [5.41, 5.74) is 3.08. The molecule has 0 aliphatic carbocycles. The Morgan fingerprint density at radius 1 is 0.843 bits per heavy atom. The second-order valence-electron chi connectivity index (χ2n) is 21.0. The van der Waals surface area contributed by atoms with Gasteiger partial charge in [-0.1, -0.05) is 85.0 Å². The molecule has 83 heavy (non-hydrogen) atoms. The molecule has 0 bridgehead atoms. The average Bonchev–Trinajstić information content (AvgIpc) is 4.43. The van der Waals surface area contributed by atoms with E-state index >= 15 is 4.79 Å². The minimum Gasteiger partial charge on any atom is -0.451 e. The zero-order valence-corrected chi connectivity index (χ0v) is 45.8. The van der Waals surface area contributed by atoms with Crippen LogP contribution < -0.4 is 27.0 Å². The summed E-state index contributed by atoms with van der Waals surface area (Å²) < 4.78 is 46.7. The number of primary amides is 1. The van der Waals surface area contributed by atoms with Gasteiger partial charge in [0.2, 0.25) is 41.4 Å². The molecule has 0 radical (unpaired) electrons. The van der Waals surface area contributed by atoms with E-state index in [1.54, 1.807) is 18.2 Å². The maximum absolute atomic E-state index is 15.0. The number of halogens is 2. The molecule has 0 saturated carbocycles. The molecular formula is C59H61F2N8O13P. The number of alkyl halides is 2. The molecule has 5 heterocycles. The normalized spacial score (nSPS) is 19.5. The second kappa shape index (κ2) is 25.3. The number of rotatable bonds is 19. The van der Waals surface area contributed by atoms with E-state index in [2.05, 4.69) is 33.1 Å². The Hall–Kier alpha value is -8.58. The number of piperidine rings is 1. The van der Waals surface area contributed by atoms with Gasteiger partial charge in [0.05, 0.1) is 6.04 Å². The summed E-state index contributed by atoms with van der Waals surface area (Å²) in [4.78, 5) is 145. The van der Waals surface area contributed by atoms with Crippen molar-refractivity contribution in [3.8, 4) is 11.8 Å². The lowest BCUT2D eigenvalue weighted by Crippen LogP contribution is -2.62. The van der Waals surface area contributed by atoms with Crippen molar-refractivity contribution >= 4 is 71.7 Å². The molecule has 3 saturated heterocycles. The van der Waals surface area contributed by atoms with Crippen molar-refractivity contribution in [1.82, 2.24) is 36.0 Å². The Morgan fingerprint density at radius 3 is 2.25 bits per heavy atom. The lowest BCUT2D eigenvalue weighted by atomic mass is 9.98. The van der Waals surface area contributed by atoms with Gasteiger partial charge in [0, 0.05) is 73.4 Å². The summed E-state index contributed by atoms with van der Waals surface area (Å²) in [5, 5.41) is 10.6. The summed E-state index contributed by atoms with van der Waals surface area (Å²) in [7, 11) is -5.96. The van der Waals surface area contributed by atoms with Gasteiger partial charge < -0.3 is 50.6 Å². The molecule has 0 spiro atoms. The largest absolute Gasteiger partial charge is 0.451 e. The quantitative estimate of drug-likeness (QED) is 0.0254. The van der Waals surface area contributed by atoms with E-state index in [9.17, 15) is 61.5 Å². The highest BCUT2D eigenvalue weighted by Gasteiger charge is 2.51.